The van der Waals surface area contributed by atoms with Gasteiger partial charge >= 0.3 is 6.09 Å². The molecule has 36 heavy (non-hydrogen) atoms. The minimum absolute atomic E-state index is 0.192. The summed E-state index contributed by atoms with van der Waals surface area (Å²) in [4.78, 5) is 40.8. The number of nitriles is 1. The second-order valence-corrected chi connectivity index (χ2v) is 8.54. The normalized spacial score (nSPS) is 18.0. The van der Waals surface area contributed by atoms with Crippen LogP contribution in [0.3, 0.4) is 0 Å². The summed E-state index contributed by atoms with van der Waals surface area (Å²) in [6, 6.07) is 15.6. The lowest BCUT2D eigenvalue weighted by Crippen LogP contribution is -2.48. The van der Waals surface area contributed by atoms with Gasteiger partial charge in [-0.25, -0.2) is 9.18 Å². The van der Waals surface area contributed by atoms with Crippen LogP contribution in [0.1, 0.15) is 12.5 Å². The highest BCUT2D eigenvalue weighted by Crippen LogP contribution is 2.28. The first kappa shape index (κ1) is 24.7. The molecule has 0 bridgehead atoms. The average molecular weight is 492 g/mol. The van der Waals surface area contributed by atoms with Gasteiger partial charge in [-0.2, -0.15) is 5.26 Å². The summed E-state index contributed by atoms with van der Waals surface area (Å²) in [6.07, 6.45) is 0.242. The molecular formula is C26H26FN5O4. The van der Waals surface area contributed by atoms with Crippen molar-refractivity contribution >= 4 is 34.9 Å². The summed E-state index contributed by atoms with van der Waals surface area (Å²) in [7, 11) is 0. The molecule has 2 heterocycles. The maximum atomic E-state index is 15.0. The van der Waals surface area contributed by atoms with Gasteiger partial charge in [-0.05, 0) is 23.8 Å². The van der Waals surface area contributed by atoms with Gasteiger partial charge in [-0.1, -0.05) is 30.3 Å². The first-order chi connectivity index (χ1) is 17.4. The zero-order valence-electron chi connectivity index (χ0n) is 19.8. The first-order valence-corrected chi connectivity index (χ1v) is 11.6. The van der Waals surface area contributed by atoms with Gasteiger partial charge in [0.25, 0.3) is 0 Å². The molecule has 2 aromatic rings. The van der Waals surface area contributed by atoms with Crippen LogP contribution in [0.25, 0.3) is 5.57 Å². The van der Waals surface area contributed by atoms with Gasteiger partial charge < -0.3 is 19.9 Å². The summed E-state index contributed by atoms with van der Waals surface area (Å²) < 4.78 is 20.3. The Morgan fingerprint density at radius 3 is 2.53 bits per heavy atom. The Balaban J connectivity index is 1.37. The van der Waals surface area contributed by atoms with Gasteiger partial charge in [0.15, 0.2) is 0 Å². The number of amides is 3. The van der Waals surface area contributed by atoms with Crippen molar-refractivity contribution in [1.82, 2.24) is 10.2 Å². The van der Waals surface area contributed by atoms with E-state index in [1.807, 2.05) is 11.0 Å². The molecule has 2 fully saturated rings. The number of piperazine rings is 1. The molecule has 0 unspecified atom stereocenters. The lowest BCUT2D eigenvalue weighted by atomic mass is 10.1. The van der Waals surface area contributed by atoms with Crippen LogP contribution in [0.2, 0.25) is 0 Å². The van der Waals surface area contributed by atoms with E-state index >= 15 is 4.39 Å². The molecule has 186 valence electrons. The molecule has 1 atom stereocenters. The third kappa shape index (κ3) is 5.63. The first-order valence-electron chi connectivity index (χ1n) is 11.6. The fourth-order valence-corrected chi connectivity index (χ4v) is 4.20. The van der Waals surface area contributed by atoms with E-state index in [1.54, 1.807) is 41.3 Å². The second-order valence-electron chi connectivity index (χ2n) is 8.54. The maximum Gasteiger partial charge on any atom is 0.414 e. The number of halogens is 1. The minimum Gasteiger partial charge on any atom is -0.442 e. The smallest absolute Gasteiger partial charge is 0.414 e. The topological polar surface area (TPSA) is 106 Å². The number of nitrogens with zero attached hydrogens (tertiary/aromatic N) is 4. The number of anilines is 2. The SMILES string of the molecule is CC(=O)NC[C@H]1CN(c2ccc(N3CCN(C(=O)/C=C(\C#N)c4ccccc4)CC3)c(F)c2)C(=O)O1. The molecule has 0 saturated carbocycles. The van der Waals surface area contributed by atoms with Gasteiger partial charge in [0, 0.05) is 39.2 Å². The fraction of sp³-hybridized carbons (Fsp3) is 0.308. The lowest BCUT2D eigenvalue weighted by Gasteiger charge is -2.36. The number of carbonyl (C=O) groups excluding carboxylic acids is 3. The van der Waals surface area contributed by atoms with E-state index in [-0.39, 0.29) is 24.9 Å². The van der Waals surface area contributed by atoms with Gasteiger partial charge in [0.2, 0.25) is 11.8 Å². The minimum atomic E-state index is -0.593. The Hall–Kier alpha value is -4.39. The van der Waals surface area contributed by atoms with Crippen LogP contribution in [0.4, 0.5) is 20.6 Å². The van der Waals surface area contributed by atoms with E-state index in [9.17, 15) is 19.6 Å². The number of cyclic esters (lactones) is 1. The van der Waals surface area contributed by atoms with Crippen LogP contribution in [0, 0.1) is 17.1 Å². The summed E-state index contributed by atoms with van der Waals surface area (Å²) in [5.74, 6) is -0.965. The number of allylic oxidation sites excluding steroid dienone is 1. The molecule has 9 nitrogen and oxygen atoms in total. The third-order valence-electron chi connectivity index (χ3n) is 6.10. The van der Waals surface area contributed by atoms with Crippen molar-refractivity contribution in [2.24, 2.45) is 0 Å². The van der Waals surface area contributed by atoms with Crippen molar-refractivity contribution in [2.45, 2.75) is 13.0 Å². The van der Waals surface area contributed by atoms with Crippen LogP contribution in [-0.2, 0) is 14.3 Å². The molecule has 2 saturated heterocycles. The summed E-state index contributed by atoms with van der Waals surface area (Å²) >= 11 is 0. The van der Waals surface area contributed by atoms with Gasteiger partial charge in [0.05, 0.1) is 36.1 Å². The van der Waals surface area contributed by atoms with Crippen molar-refractivity contribution in [3.63, 3.8) is 0 Å². The number of benzene rings is 2. The second kappa shape index (κ2) is 10.9. The highest BCUT2D eigenvalue weighted by molar-refractivity contribution is 5.98. The predicted molar refractivity (Wildman–Crippen MR) is 132 cm³/mol. The molecule has 0 spiro atoms. The van der Waals surface area contributed by atoms with E-state index in [0.717, 1.165) is 0 Å². The van der Waals surface area contributed by atoms with E-state index in [0.29, 0.717) is 48.7 Å². The van der Waals surface area contributed by atoms with Crippen molar-refractivity contribution < 1.29 is 23.5 Å². The van der Waals surface area contributed by atoms with Crippen LogP contribution < -0.4 is 15.1 Å². The Morgan fingerprint density at radius 2 is 1.89 bits per heavy atom. The van der Waals surface area contributed by atoms with Crippen LogP contribution in [-0.4, -0.2) is 68.2 Å². The molecule has 10 heteroatoms. The summed E-state index contributed by atoms with van der Waals surface area (Å²) in [5.41, 5.74) is 1.73. The molecule has 1 N–H and O–H groups in total. The molecular weight excluding hydrogens is 465 g/mol. The van der Waals surface area contributed by atoms with Crippen molar-refractivity contribution in [1.29, 1.82) is 5.26 Å². The highest BCUT2D eigenvalue weighted by atomic mass is 19.1. The maximum absolute atomic E-state index is 15.0. The van der Waals surface area contributed by atoms with E-state index in [2.05, 4.69) is 11.4 Å². The summed E-state index contributed by atoms with van der Waals surface area (Å²) in [5, 5.41) is 12.0. The Bertz CT molecular complexity index is 1220. The molecule has 0 radical (unpaired) electrons. The van der Waals surface area contributed by atoms with E-state index < -0.39 is 18.0 Å². The average Bonchev–Trinajstić information content (AvgIpc) is 3.27. The number of nitrogens with one attached hydrogen (secondary N) is 1. The molecule has 2 aliphatic heterocycles. The molecule has 4 rings (SSSR count). The van der Waals surface area contributed by atoms with Gasteiger partial charge in [-0.3, -0.25) is 14.5 Å². The third-order valence-corrected chi connectivity index (χ3v) is 6.10. The van der Waals surface area contributed by atoms with Gasteiger partial charge in [-0.15, -0.1) is 0 Å². The standard InChI is InChI=1S/C26H26FN5O4/c1-18(33)29-16-22-17-32(26(35)36-22)21-7-8-24(23(27)14-21)30-9-11-31(12-10-30)25(34)13-20(15-28)19-5-3-2-4-6-19/h2-8,13-14,22H,9-12,16-17H2,1H3,(H,29,33)/b20-13+/t22-/m0/s1. The van der Waals surface area contributed by atoms with Crippen molar-refractivity contribution in [3.8, 4) is 6.07 Å². The number of carbonyl (C=O) groups is 3. The Kier molecular flexibility index (Phi) is 7.49. The van der Waals surface area contributed by atoms with Crippen LogP contribution in [0.15, 0.2) is 54.6 Å². The quantitative estimate of drug-likeness (QED) is 0.492. The number of hydrogen-bond donors (Lipinski definition) is 1. The number of ether oxygens (including phenoxy) is 1. The summed E-state index contributed by atoms with van der Waals surface area (Å²) in [6.45, 7) is 3.39. The largest absolute Gasteiger partial charge is 0.442 e. The van der Waals surface area contributed by atoms with E-state index in [4.69, 9.17) is 4.74 Å². The van der Waals surface area contributed by atoms with Crippen LogP contribution >= 0.6 is 0 Å². The van der Waals surface area contributed by atoms with Gasteiger partial charge in [0.1, 0.15) is 11.9 Å². The highest BCUT2D eigenvalue weighted by Gasteiger charge is 2.33. The van der Waals surface area contributed by atoms with Crippen molar-refractivity contribution in [2.75, 3.05) is 49.1 Å². The number of hydrogen-bond acceptors (Lipinski definition) is 6. The number of rotatable bonds is 6. The zero-order chi connectivity index (χ0) is 25.7. The molecule has 3 amide bonds. The lowest BCUT2D eigenvalue weighted by molar-refractivity contribution is -0.126. The van der Waals surface area contributed by atoms with Crippen molar-refractivity contribution in [3.05, 3.63) is 66.0 Å². The monoisotopic (exact) mass is 491 g/mol. The zero-order valence-corrected chi connectivity index (χ0v) is 19.8. The van der Waals surface area contributed by atoms with E-state index in [1.165, 1.54) is 24.0 Å². The Morgan fingerprint density at radius 1 is 1.17 bits per heavy atom. The predicted octanol–water partition coefficient (Wildman–Crippen LogP) is 2.54. The molecule has 2 aromatic carbocycles. The Labute approximate surface area is 208 Å². The fourth-order valence-electron chi connectivity index (χ4n) is 4.20. The molecule has 2 aliphatic rings. The molecule has 0 aliphatic carbocycles. The molecule has 0 aromatic heterocycles. The van der Waals surface area contributed by atoms with Crippen LogP contribution in [0.5, 0.6) is 0 Å².